The van der Waals surface area contributed by atoms with E-state index in [4.69, 9.17) is 0 Å². The first-order chi connectivity index (χ1) is 13.0. The van der Waals surface area contributed by atoms with Gasteiger partial charge < -0.3 is 16.4 Å². The number of amides is 1. The average molecular weight is 378 g/mol. The van der Waals surface area contributed by atoms with E-state index in [2.05, 4.69) is 49.4 Å². The van der Waals surface area contributed by atoms with E-state index in [1.165, 1.54) is 56.7 Å². The molecule has 0 saturated heterocycles. The zero-order valence-electron chi connectivity index (χ0n) is 18.0. The number of nitrogens with two attached hydrogens (primary N) is 1. The minimum atomic E-state index is -0.333. The first-order valence-corrected chi connectivity index (χ1v) is 10.3. The van der Waals surface area contributed by atoms with Crippen molar-refractivity contribution in [1.82, 2.24) is 10.6 Å². The van der Waals surface area contributed by atoms with Gasteiger partial charge in [-0.1, -0.05) is 77.0 Å². The minimum Gasteiger partial charge on any atom is -0.387 e. The predicted octanol–water partition coefficient (Wildman–Crippen LogP) is 5.00. The summed E-state index contributed by atoms with van der Waals surface area (Å²) in [6, 6.07) is 0. The van der Waals surface area contributed by atoms with Gasteiger partial charge in [0.25, 0.3) is 0 Å². The van der Waals surface area contributed by atoms with Crippen LogP contribution in [0.5, 0.6) is 0 Å². The van der Waals surface area contributed by atoms with Crippen molar-refractivity contribution in [2.45, 2.75) is 72.1 Å². The molecule has 1 amide bonds. The van der Waals surface area contributed by atoms with Gasteiger partial charge in [-0.05, 0) is 37.8 Å². The summed E-state index contributed by atoms with van der Waals surface area (Å²) in [5.74, 6) is -0.333. The number of rotatable bonds is 16. The molecule has 156 valence electrons. The number of primary amides is 1. The zero-order chi connectivity index (χ0) is 20.8. The molecule has 4 N–H and O–H groups in total. The Balaban J connectivity index is 0. The molecule has 0 aliphatic rings. The van der Waals surface area contributed by atoms with Gasteiger partial charge in [-0.15, -0.1) is 0 Å². The van der Waals surface area contributed by atoms with Crippen LogP contribution in [-0.2, 0) is 4.79 Å². The van der Waals surface area contributed by atoms with Crippen LogP contribution in [-0.4, -0.2) is 25.5 Å². The first-order valence-electron chi connectivity index (χ1n) is 10.3. The second-order valence-corrected chi connectivity index (χ2v) is 6.52. The van der Waals surface area contributed by atoms with Crippen LogP contribution in [0.3, 0.4) is 0 Å². The van der Waals surface area contributed by atoms with Crippen LogP contribution in [0, 0.1) is 0 Å². The number of carbonyl (C=O) groups is 1. The van der Waals surface area contributed by atoms with Crippen LogP contribution >= 0.6 is 0 Å². The van der Waals surface area contributed by atoms with Gasteiger partial charge in [0.15, 0.2) is 0 Å². The van der Waals surface area contributed by atoms with E-state index in [0.29, 0.717) is 0 Å². The number of hydrogen-bond donors (Lipinski definition) is 3. The molecule has 27 heavy (non-hydrogen) atoms. The summed E-state index contributed by atoms with van der Waals surface area (Å²) >= 11 is 0. The molecule has 4 nitrogen and oxygen atoms in total. The molecule has 0 radical (unpaired) electrons. The maximum Gasteiger partial charge on any atom is 0.214 e. The summed E-state index contributed by atoms with van der Waals surface area (Å²) in [5.41, 5.74) is 7.13. The summed E-state index contributed by atoms with van der Waals surface area (Å²) in [4.78, 5) is 9.22. The fourth-order valence-electron chi connectivity index (χ4n) is 2.50. The standard InChI is InChI=1S/C21H38N2.C2H5NO/c1-5-9-10-11-12-15-21(14-7-3)23-19-18-22-17-16-20(8-4)13-6-2;1-2(3)4/h6,8,13-14,22-23H,2,4-5,7,9-12,15-19H2,1,3H3;1H3,(H2,3,4)/b20-13+,21-14-;. The number of nitrogens with one attached hydrogen (secondary N) is 2. The van der Waals surface area contributed by atoms with Gasteiger partial charge in [-0.3, -0.25) is 4.79 Å². The largest absolute Gasteiger partial charge is 0.387 e. The molecule has 0 heterocycles. The fourth-order valence-corrected chi connectivity index (χ4v) is 2.50. The summed E-state index contributed by atoms with van der Waals surface area (Å²) < 4.78 is 0. The number of allylic oxidation sites excluding steroid dienone is 5. The van der Waals surface area contributed by atoms with Gasteiger partial charge >= 0.3 is 0 Å². The Morgan fingerprint density at radius 1 is 1.00 bits per heavy atom. The molecule has 0 aliphatic carbocycles. The lowest BCUT2D eigenvalue weighted by atomic mass is 10.1. The molecule has 0 saturated carbocycles. The van der Waals surface area contributed by atoms with Crippen molar-refractivity contribution < 1.29 is 4.79 Å². The van der Waals surface area contributed by atoms with E-state index >= 15 is 0 Å². The lowest BCUT2D eigenvalue weighted by Crippen LogP contribution is -2.27. The van der Waals surface area contributed by atoms with Crippen LogP contribution in [0.4, 0.5) is 0 Å². The molecule has 0 unspecified atom stereocenters. The predicted molar refractivity (Wildman–Crippen MR) is 121 cm³/mol. The van der Waals surface area contributed by atoms with Crippen molar-refractivity contribution >= 4 is 5.91 Å². The maximum absolute atomic E-state index is 9.22. The van der Waals surface area contributed by atoms with Crippen LogP contribution in [0.15, 0.2) is 48.7 Å². The number of unbranched alkanes of at least 4 members (excludes halogenated alkanes) is 4. The number of hydrogen-bond acceptors (Lipinski definition) is 3. The molecule has 0 aromatic heterocycles. The van der Waals surface area contributed by atoms with Crippen molar-refractivity contribution in [2.24, 2.45) is 5.73 Å². The van der Waals surface area contributed by atoms with Crippen molar-refractivity contribution in [1.29, 1.82) is 0 Å². The molecule has 0 fully saturated rings. The molecule has 4 heteroatoms. The average Bonchev–Trinajstić information content (AvgIpc) is 2.62. The Kier molecular flexibility index (Phi) is 22.6. The normalized spacial score (nSPS) is 11.4. The second kappa shape index (κ2) is 22.2. The van der Waals surface area contributed by atoms with Gasteiger partial charge in [0.1, 0.15) is 0 Å². The van der Waals surface area contributed by atoms with Crippen molar-refractivity contribution in [3.63, 3.8) is 0 Å². The molecular formula is C23H43N3O. The van der Waals surface area contributed by atoms with Gasteiger partial charge in [0.05, 0.1) is 0 Å². The summed E-state index contributed by atoms with van der Waals surface area (Å²) in [6.45, 7) is 16.3. The summed E-state index contributed by atoms with van der Waals surface area (Å²) in [7, 11) is 0. The smallest absolute Gasteiger partial charge is 0.214 e. The maximum atomic E-state index is 9.22. The topological polar surface area (TPSA) is 67.2 Å². The first kappa shape index (κ1) is 27.4. The molecule has 0 spiro atoms. The van der Waals surface area contributed by atoms with E-state index < -0.39 is 0 Å². The lowest BCUT2D eigenvalue weighted by Gasteiger charge is -2.12. The summed E-state index contributed by atoms with van der Waals surface area (Å²) in [5, 5.41) is 7.06. The highest BCUT2D eigenvalue weighted by Crippen LogP contribution is 2.09. The Morgan fingerprint density at radius 2 is 1.67 bits per heavy atom. The monoisotopic (exact) mass is 377 g/mol. The van der Waals surface area contributed by atoms with Crippen LogP contribution in [0.1, 0.15) is 72.1 Å². The third-order valence-corrected chi connectivity index (χ3v) is 3.84. The molecule has 0 aliphatic heterocycles. The molecule has 0 aromatic carbocycles. The fraction of sp³-hybridized carbons (Fsp3) is 0.609. The highest BCUT2D eigenvalue weighted by atomic mass is 16.1. The van der Waals surface area contributed by atoms with Crippen LogP contribution in [0.2, 0.25) is 0 Å². The van der Waals surface area contributed by atoms with Gasteiger partial charge in [0, 0.05) is 25.7 Å². The SMILES string of the molecule is C=C/C=C(\C=C)CCNCCN/C(=C\CC)CCCCCCC.CC(N)=O. The van der Waals surface area contributed by atoms with Crippen molar-refractivity contribution in [3.05, 3.63) is 48.7 Å². The van der Waals surface area contributed by atoms with E-state index in [1.807, 2.05) is 18.2 Å². The molecule has 0 aromatic rings. The Labute approximate surface area is 168 Å². The van der Waals surface area contributed by atoms with E-state index in [-0.39, 0.29) is 5.91 Å². The minimum absolute atomic E-state index is 0.333. The number of carbonyl (C=O) groups excluding carboxylic acids is 1. The summed E-state index contributed by atoms with van der Waals surface area (Å²) in [6.07, 6.45) is 18.1. The van der Waals surface area contributed by atoms with E-state index in [0.717, 1.165) is 32.5 Å². The highest BCUT2D eigenvalue weighted by Gasteiger charge is 1.97. The lowest BCUT2D eigenvalue weighted by molar-refractivity contribution is -0.115. The van der Waals surface area contributed by atoms with Crippen molar-refractivity contribution in [3.8, 4) is 0 Å². The van der Waals surface area contributed by atoms with Gasteiger partial charge in [0.2, 0.25) is 5.91 Å². The molecule has 0 rings (SSSR count). The van der Waals surface area contributed by atoms with Gasteiger partial charge in [-0.25, -0.2) is 0 Å². The highest BCUT2D eigenvalue weighted by molar-refractivity contribution is 5.70. The molecule has 0 bridgehead atoms. The third-order valence-electron chi connectivity index (χ3n) is 3.84. The quantitative estimate of drug-likeness (QED) is 0.262. The van der Waals surface area contributed by atoms with E-state index in [9.17, 15) is 4.79 Å². The van der Waals surface area contributed by atoms with Crippen LogP contribution in [0.25, 0.3) is 0 Å². The Hall–Kier alpha value is -1.81. The van der Waals surface area contributed by atoms with Crippen LogP contribution < -0.4 is 16.4 Å². The molecular weight excluding hydrogens is 334 g/mol. The third kappa shape index (κ3) is 24.2. The van der Waals surface area contributed by atoms with Crippen molar-refractivity contribution in [2.75, 3.05) is 19.6 Å². The van der Waals surface area contributed by atoms with E-state index in [1.54, 1.807) is 0 Å². The zero-order valence-corrected chi connectivity index (χ0v) is 18.0. The molecule has 0 atom stereocenters. The Morgan fingerprint density at radius 3 is 2.22 bits per heavy atom. The second-order valence-electron chi connectivity index (χ2n) is 6.52. The Bertz CT molecular complexity index is 435. The van der Waals surface area contributed by atoms with Gasteiger partial charge in [-0.2, -0.15) is 0 Å².